The Labute approximate surface area is 400 Å². The Hall–Kier alpha value is -6.89. The number of nitrogens with two attached hydrogens (primary N) is 4. The first-order valence-corrected chi connectivity index (χ1v) is 22.7. The predicted molar refractivity (Wildman–Crippen MR) is 251 cm³/mol. The van der Waals surface area contributed by atoms with Crippen molar-refractivity contribution in [1.29, 1.82) is 0 Å². The quantitative estimate of drug-likeness (QED) is 0.0193. The van der Waals surface area contributed by atoms with Gasteiger partial charge in [0.15, 0.2) is 5.96 Å². The van der Waals surface area contributed by atoms with Crippen molar-refractivity contribution in [2.24, 2.45) is 39.8 Å². The van der Waals surface area contributed by atoms with Crippen molar-refractivity contribution in [3.8, 4) is 0 Å². The number of carbonyl (C=O) groups excluding carboxylic acids is 7. The maximum Gasteiger partial charge on any atom is 0.326 e. The summed E-state index contributed by atoms with van der Waals surface area (Å²) >= 11 is 0. The number of benzene rings is 1. The van der Waals surface area contributed by atoms with Crippen LogP contribution in [0.4, 0.5) is 0 Å². The molecule has 0 heterocycles. The zero-order valence-electron chi connectivity index (χ0n) is 39.8. The highest BCUT2D eigenvalue weighted by atomic mass is 16.4. The monoisotopic (exact) mass is 977 g/mol. The summed E-state index contributed by atoms with van der Waals surface area (Å²) in [5.74, 6) is -11.5. The van der Waals surface area contributed by atoms with E-state index in [1.807, 2.05) is 0 Å². The number of carboxylic acids is 3. The third kappa shape index (κ3) is 24.1. The maximum atomic E-state index is 14.3. The normalized spacial score (nSPS) is 14.5. The second-order valence-electron chi connectivity index (χ2n) is 17.3. The molecular formula is C44H72N12O13. The molecular weight excluding hydrogens is 905 g/mol. The van der Waals surface area contributed by atoms with E-state index in [1.165, 1.54) is 6.92 Å². The average molecular weight is 977 g/mol. The Kier molecular flexibility index (Phi) is 27.2. The number of hydrogen-bond donors (Lipinski definition) is 14. The van der Waals surface area contributed by atoms with Gasteiger partial charge in [0, 0.05) is 19.4 Å². The van der Waals surface area contributed by atoms with E-state index in [4.69, 9.17) is 22.9 Å². The molecule has 0 bridgehead atoms. The number of carboxylic acid groups (broad SMARTS) is 3. The molecule has 0 aromatic heterocycles. The first-order valence-electron chi connectivity index (χ1n) is 22.7. The number of carbonyl (C=O) groups is 10. The standard InChI is InChI=1S/C44H72N12O13/c1-23(2)20-30(40(65)51-27(14-9-10-18-45)38(63)55-32(43(68)69)22-34(59)60)53-41(66)31(21-26-12-7-6-8-13-26)54-37(62)28(15-11-19-49-44(47)48)50-39(64)29(16-17-33(57)58)52-42(67)35(24(3)4)56-36(61)25(5)46/h6-8,12-13,23-25,27-32,35H,9-11,14-22,45-46H2,1-5H3,(H,50,64)(H,51,65)(H,52,67)(H,53,66)(H,54,62)(H,55,63)(H,56,61)(H,57,58)(H,59,60)(H,68,69)(H4,47,48,49)/t25-,27-,28-,29-,30-,31-,32-,35-/m0/s1. The van der Waals surface area contributed by atoms with Crippen LogP contribution in [-0.4, -0.2) is 142 Å². The van der Waals surface area contributed by atoms with E-state index in [2.05, 4.69) is 42.2 Å². The Morgan fingerprint density at radius 1 is 0.565 bits per heavy atom. The Bertz CT molecular complexity index is 1930. The molecule has 0 unspecified atom stereocenters. The van der Waals surface area contributed by atoms with Crippen LogP contribution in [-0.2, 0) is 54.4 Å². The van der Waals surface area contributed by atoms with Gasteiger partial charge in [0.05, 0.1) is 12.5 Å². The highest BCUT2D eigenvalue weighted by Crippen LogP contribution is 2.12. The minimum absolute atomic E-state index is 0.00181. The van der Waals surface area contributed by atoms with Gasteiger partial charge in [0.2, 0.25) is 41.4 Å². The lowest BCUT2D eigenvalue weighted by Gasteiger charge is -2.29. The van der Waals surface area contributed by atoms with Crippen LogP contribution in [0.25, 0.3) is 0 Å². The summed E-state index contributed by atoms with van der Waals surface area (Å²) in [4.78, 5) is 134. The Balaban J connectivity index is 3.65. The summed E-state index contributed by atoms with van der Waals surface area (Å²) in [6.45, 7) is 8.40. The van der Waals surface area contributed by atoms with Gasteiger partial charge in [0.25, 0.3) is 0 Å². The molecule has 8 atom stereocenters. The fourth-order valence-corrected chi connectivity index (χ4v) is 6.65. The second kappa shape index (κ2) is 31.2. The topological polar surface area (TPSA) is 432 Å². The van der Waals surface area contributed by atoms with Crippen LogP contribution in [0.1, 0.15) is 98.0 Å². The molecule has 386 valence electrons. The van der Waals surface area contributed by atoms with Gasteiger partial charge in [-0.15, -0.1) is 0 Å². The molecule has 0 aliphatic heterocycles. The number of aliphatic imine (C=N–C) groups is 1. The molecule has 0 saturated heterocycles. The zero-order valence-corrected chi connectivity index (χ0v) is 39.8. The van der Waals surface area contributed by atoms with Gasteiger partial charge in [0.1, 0.15) is 42.3 Å². The van der Waals surface area contributed by atoms with E-state index in [0.717, 1.165) is 0 Å². The molecule has 7 amide bonds. The van der Waals surface area contributed by atoms with E-state index in [-0.39, 0.29) is 57.1 Å². The molecule has 25 heteroatoms. The van der Waals surface area contributed by atoms with Crippen LogP contribution >= 0.6 is 0 Å². The molecule has 0 radical (unpaired) electrons. The van der Waals surface area contributed by atoms with Crippen LogP contribution in [0.2, 0.25) is 0 Å². The lowest BCUT2D eigenvalue weighted by Crippen LogP contribution is -2.60. The summed E-state index contributed by atoms with van der Waals surface area (Å²) in [6.07, 6.45) is -1.45. The van der Waals surface area contributed by atoms with Gasteiger partial charge in [-0.1, -0.05) is 58.0 Å². The predicted octanol–water partition coefficient (Wildman–Crippen LogP) is -2.72. The summed E-state index contributed by atoms with van der Waals surface area (Å²) in [5.41, 5.74) is 22.8. The molecule has 18 N–H and O–H groups in total. The SMILES string of the molecule is CC(C)C[C@H](NC(=O)[C@H](Cc1ccccc1)NC(=O)[C@H](CCCN=C(N)N)NC(=O)[C@H](CCC(=O)O)NC(=O)[C@@H](NC(=O)[C@H](C)N)C(C)C)C(=O)N[C@@H](CCCCN)C(=O)N[C@@H](CC(=O)O)C(=O)O. The van der Waals surface area contributed by atoms with Gasteiger partial charge >= 0.3 is 17.9 Å². The molecule has 0 aliphatic carbocycles. The number of rotatable bonds is 33. The summed E-state index contributed by atoms with van der Waals surface area (Å²) < 4.78 is 0. The smallest absolute Gasteiger partial charge is 0.326 e. The summed E-state index contributed by atoms with van der Waals surface area (Å²) in [7, 11) is 0. The highest BCUT2D eigenvalue weighted by Gasteiger charge is 2.35. The van der Waals surface area contributed by atoms with Crippen LogP contribution in [0, 0.1) is 11.8 Å². The Morgan fingerprint density at radius 3 is 1.52 bits per heavy atom. The first-order chi connectivity index (χ1) is 32.4. The van der Waals surface area contributed by atoms with Crippen LogP contribution < -0.4 is 60.2 Å². The van der Waals surface area contributed by atoms with E-state index < -0.39 is 133 Å². The number of unbranched alkanes of at least 4 members (excludes halogenated alkanes) is 1. The minimum atomic E-state index is -1.82. The second-order valence-corrected chi connectivity index (χ2v) is 17.3. The third-order valence-electron chi connectivity index (χ3n) is 10.3. The van der Waals surface area contributed by atoms with Gasteiger partial charge in [-0.3, -0.25) is 48.1 Å². The molecule has 0 aliphatic rings. The first kappa shape index (κ1) is 60.1. The van der Waals surface area contributed by atoms with E-state index in [0.29, 0.717) is 18.4 Å². The number of guanidine groups is 1. The molecule has 0 saturated carbocycles. The van der Waals surface area contributed by atoms with Gasteiger partial charge in [-0.25, -0.2) is 4.79 Å². The van der Waals surface area contributed by atoms with Crippen molar-refractivity contribution in [3.63, 3.8) is 0 Å². The number of amides is 7. The Morgan fingerprint density at radius 2 is 1.04 bits per heavy atom. The lowest BCUT2D eigenvalue weighted by molar-refractivity contribution is -0.147. The number of nitrogens with zero attached hydrogens (tertiary/aromatic N) is 1. The summed E-state index contributed by atoms with van der Waals surface area (Å²) in [6, 6.07) is -2.68. The van der Waals surface area contributed by atoms with E-state index in [1.54, 1.807) is 58.0 Å². The van der Waals surface area contributed by atoms with Crippen molar-refractivity contribution in [3.05, 3.63) is 35.9 Å². The van der Waals surface area contributed by atoms with Crippen LogP contribution in [0.3, 0.4) is 0 Å². The lowest BCUT2D eigenvalue weighted by atomic mass is 9.99. The third-order valence-corrected chi connectivity index (χ3v) is 10.3. The van der Waals surface area contributed by atoms with Gasteiger partial charge in [-0.05, 0) is 75.8 Å². The van der Waals surface area contributed by atoms with E-state index >= 15 is 0 Å². The van der Waals surface area contributed by atoms with E-state index in [9.17, 15) is 63.3 Å². The van der Waals surface area contributed by atoms with Gasteiger partial charge in [-0.2, -0.15) is 0 Å². The molecule has 69 heavy (non-hydrogen) atoms. The van der Waals surface area contributed by atoms with Crippen LogP contribution in [0.5, 0.6) is 0 Å². The number of aliphatic carboxylic acids is 3. The fraction of sp³-hybridized carbons (Fsp3) is 0.614. The molecule has 1 aromatic rings. The van der Waals surface area contributed by atoms with Crippen molar-refractivity contribution in [1.82, 2.24) is 37.2 Å². The molecule has 25 nitrogen and oxygen atoms in total. The van der Waals surface area contributed by atoms with Crippen molar-refractivity contribution >= 4 is 65.2 Å². The molecule has 0 fully saturated rings. The van der Waals surface area contributed by atoms with Crippen molar-refractivity contribution in [2.45, 2.75) is 147 Å². The van der Waals surface area contributed by atoms with Crippen LogP contribution in [0.15, 0.2) is 35.3 Å². The van der Waals surface area contributed by atoms with Crippen molar-refractivity contribution < 1.29 is 63.3 Å². The highest BCUT2D eigenvalue weighted by molar-refractivity contribution is 5.98. The van der Waals surface area contributed by atoms with Crippen molar-refractivity contribution in [2.75, 3.05) is 13.1 Å². The average Bonchev–Trinajstić information content (AvgIpc) is 3.26. The maximum absolute atomic E-state index is 14.3. The largest absolute Gasteiger partial charge is 0.481 e. The fourth-order valence-electron chi connectivity index (χ4n) is 6.65. The minimum Gasteiger partial charge on any atom is -0.481 e. The molecule has 0 spiro atoms. The molecule has 1 aromatic carbocycles. The number of hydrogen-bond acceptors (Lipinski definition) is 13. The number of nitrogens with one attached hydrogen (secondary N) is 7. The summed E-state index contributed by atoms with van der Waals surface area (Å²) in [5, 5.41) is 45.7. The molecule has 1 rings (SSSR count). The van der Waals surface area contributed by atoms with Gasteiger partial charge < -0.3 is 75.5 Å². The zero-order chi connectivity index (χ0) is 52.4.